The minimum absolute atomic E-state index is 0.105. The van der Waals surface area contributed by atoms with E-state index in [2.05, 4.69) is 17.9 Å². The fourth-order valence-corrected chi connectivity index (χ4v) is 2.30. The largest absolute Gasteiger partial charge is 0.480 e. The Balaban J connectivity index is 2.66. The molecule has 1 saturated heterocycles. The fraction of sp³-hybridized carbons (Fsp3) is 0.769. The van der Waals surface area contributed by atoms with Crippen molar-refractivity contribution in [1.82, 2.24) is 10.2 Å². The van der Waals surface area contributed by atoms with E-state index in [0.29, 0.717) is 12.3 Å². The van der Waals surface area contributed by atoms with E-state index in [0.717, 1.165) is 6.42 Å². The van der Waals surface area contributed by atoms with E-state index in [-0.39, 0.29) is 24.8 Å². The van der Waals surface area contributed by atoms with Gasteiger partial charge in [0.25, 0.3) is 0 Å². The Morgan fingerprint density at radius 3 is 2.67 bits per heavy atom. The molecule has 120 valence electrons. The number of aliphatic carboxylic acids is 1. The second-order valence-electron chi connectivity index (χ2n) is 5.12. The summed E-state index contributed by atoms with van der Waals surface area (Å²) in [4.78, 5) is 36.2. The molecule has 7 nitrogen and oxygen atoms in total. The first kappa shape index (κ1) is 17.6. The maximum absolute atomic E-state index is 12.2. The summed E-state index contributed by atoms with van der Waals surface area (Å²) in [5.74, 6) is -1.40. The molecule has 1 heterocycles. The molecule has 1 fully saturated rings. The molecule has 0 radical (unpaired) electrons. The lowest BCUT2D eigenvalue weighted by Gasteiger charge is -2.23. The van der Waals surface area contributed by atoms with Gasteiger partial charge in [-0.2, -0.15) is 12.6 Å². The Morgan fingerprint density at radius 2 is 2.14 bits per heavy atom. The molecular formula is C13H22N2O5S. The summed E-state index contributed by atoms with van der Waals surface area (Å²) < 4.78 is 5.16. The number of nitrogens with zero attached hydrogens (tertiary/aromatic N) is 1. The van der Waals surface area contributed by atoms with Gasteiger partial charge in [-0.15, -0.1) is 0 Å². The SMILES string of the molecule is CCCNC(=O)O[C@H]1C[C@@H](C(=O)O)N(C(=O)C(C)CS)C1. The standard InChI is InChI=1S/C13H22N2O5S/c1-3-4-14-13(19)20-9-5-10(12(17)18)15(6-9)11(16)8(2)7-21/h8-10,21H,3-7H2,1-2H3,(H,14,19)(H,17,18)/t8?,9-,10-/m0/s1. The third kappa shape index (κ3) is 4.80. The van der Waals surface area contributed by atoms with E-state index < -0.39 is 24.2 Å². The fourth-order valence-electron chi connectivity index (χ4n) is 2.14. The molecule has 0 aromatic heterocycles. The molecule has 1 unspecified atom stereocenters. The minimum atomic E-state index is -1.09. The normalized spacial score (nSPS) is 22.7. The molecule has 1 aliphatic heterocycles. The average Bonchev–Trinajstić information content (AvgIpc) is 2.87. The number of thiol groups is 1. The van der Waals surface area contributed by atoms with Crippen LogP contribution in [-0.4, -0.2) is 59.0 Å². The van der Waals surface area contributed by atoms with Crippen molar-refractivity contribution in [3.05, 3.63) is 0 Å². The van der Waals surface area contributed by atoms with Gasteiger partial charge in [-0.3, -0.25) is 4.79 Å². The molecule has 2 amide bonds. The first-order valence-corrected chi connectivity index (χ1v) is 7.62. The highest BCUT2D eigenvalue weighted by Gasteiger charge is 2.42. The van der Waals surface area contributed by atoms with Crippen LogP contribution in [0.15, 0.2) is 0 Å². The second kappa shape index (κ2) is 8.11. The van der Waals surface area contributed by atoms with Crippen LogP contribution < -0.4 is 5.32 Å². The van der Waals surface area contributed by atoms with Crippen LogP contribution in [-0.2, 0) is 14.3 Å². The van der Waals surface area contributed by atoms with Crippen LogP contribution in [0.2, 0.25) is 0 Å². The van der Waals surface area contributed by atoms with Crippen molar-refractivity contribution in [1.29, 1.82) is 0 Å². The maximum Gasteiger partial charge on any atom is 0.407 e. The van der Waals surface area contributed by atoms with E-state index >= 15 is 0 Å². The number of carbonyl (C=O) groups excluding carboxylic acids is 2. The van der Waals surface area contributed by atoms with E-state index in [9.17, 15) is 19.5 Å². The van der Waals surface area contributed by atoms with Gasteiger partial charge in [-0.1, -0.05) is 13.8 Å². The van der Waals surface area contributed by atoms with Crippen molar-refractivity contribution in [2.24, 2.45) is 5.92 Å². The van der Waals surface area contributed by atoms with Gasteiger partial charge in [-0.05, 0) is 6.42 Å². The third-order valence-corrected chi connectivity index (χ3v) is 3.87. The lowest BCUT2D eigenvalue weighted by atomic mass is 10.1. The highest BCUT2D eigenvalue weighted by molar-refractivity contribution is 7.80. The lowest BCUT2D eigenvalue weighted by molar-refractivity contribution is -0.149. The van der Waals surface area contributed by atoms with Gasteiger partial charge in [-0.25, -0.2) is 9.59 Å². The van der Waals surface area contributed by atoms with Gasteiger partial charge in [0.15, 0.2) is 0 Å². The Hall–Kier alpha value is -1.44. The first-order valence-electron chi connectivity index (χ1n) is 6.99. The van der Waals surface area contributed by atoms with Crippen molar-refractivity contribution in [2.45, 2.75) is 38.8 Å². The summed E-state index contributed by atoms with van der Waals surface area (Å²) in [6.45, 7) is 4.20. The Bertz CT molecular complexity index is 404. The Labute approximate surface area is 129 Å². The molecule has 0 aromatic carbocycles. The number of hydrogen-bond donors (Lipinski definition) is 3. The van der Waals surface area contributed by atoms with Gasteiger partial charge >= 0.3 is 12.1 Å². The smallest absolute Gasteiger partial charge is 0.407 e. The van der Waals surface area contributed by atoms with Crippen molar-refractivity contribution in [2.75, 3.05) is 18.8 Å². The predicted molar refractivity (Wildman–Crippen MR) is 79.3 cm³/mol. The topological polar surface area (TPSA) is 95.9 Å². The molecule has 0 aliphatic carbocycles. The Morgan fingerprint density at radius 1 is 1.48 bits per heavy atom. The highest BCUT2D eigenvalue weighted by atomic mass is 32.1. The number of hydrogen-bond acceptors (Lipinski definition) is 5. The van der Waals surface area contributed by atoms with Crippen LogP contribution in [0.4, 0.5) is 4.79 Å². The molecule has 1 aliphatic rings. The zero-order valence-electron chi connectivity index (χ0n) is 12.2. The summed E-state index contributed by atoms with van der Waals surface area (Å²) in [6, 6.07) is -0.955. The van der Waals surface area contributed by atoms with Gasteiger partial charge in [0.1, 0.15) is 12.1 Å². The molecule has 0 aromatic rings. The first-order chi connectivity index (χ1) is 9.90. The molecule has 8 heteroatoms. The predicted octanol–water partition coefficient (Wildman–Crippen LogP) is 0.743. The van der Waals surface area contributed by atoms with Crippen molar-refractivity contribution in [3.63, 3.8) is 0 Å². The number of carboxylic acid groups (broad SMARTS) is 1. The highest BCUT2D eigenvalue weighted by Crippen LogP contribution is 2.23. The quantitative estimate of drug-likeness (QED) is 0.628. The number of likely N-dealkylation sites (tertiary alicyclic amines) is 1. The van der Waals surface area contributed by atoms with Crippen LogP contribution in [0.1, 0.15) is 26.7 Å². The number of rotatable bonds is 6. The summed E-state index contributed by atoms with van der Waals surface area (Å²) in [6.07, 6.45) is -0.289. The van der Waals surface area contributed by atoms with Crippen LogP contribution in [0.3, 0.4) is 0 Å². The average molecular weight is 318 g/mol. The van der Waals surface area contributed by atoms with Gasteiger partial charge in [0.05, 0.1) is 6.54 Å². The number of alkyl carbamates (subject to hydrolysis) is 1. The van der Waals surface area contributed by atoms with Gasteiger partial charge in [0, 0.05) is 24.6 Å². The summed E-state index contributed by atoms with van der Waals surface area (Å²) in [5.41, 5.74) is 0. The number of carbonyl (C=O) groups is 3. The van der Waals surface area contributed by atoms with Gasteiger partial charge < -0.3 is 20.1 Å². The lowest BCUT2D eigenvalue weighted by Crippen LogP contribution is -2.43. The number of carboxylic acids is 1. The molecule has 21 heavy (non-hydrogen) atoms. The number of nitrogens with one attached hydrogen (secondary N) is 1. The van der Waals surface area contributed by atoms with Gasteiger partial charge in [0.2, 0.25) is 5.91 Å². The van der Waals surface area contributed by atoms with E-state index in [1.807, 2.05) is 6.92 Å². The van der Waals surface area contributed by atoms with Crippen LogP contribution in [0.25, 0.3) is 0 Å². The zero-order valence-corrected chi connectivity index (χ0v) is 13.1. The Kier molecular flexibility index (Phi) is 6.80. The van der Waals surface area contributed by atoms with Crippen molar-refractivity contribution in [3.8, 4) is 0 Å². The molecule has 1 rings (SSSR count). The van der Waals surface area contributed by atoms with Crippen LogP contribution >= 0.6 is 12.6 Å². The summed E-state index contributed by atoms with van der Waals surface area (Å²) in [5, 5.41) is 11.8. The van der Waals surface area contributed by atoms with Crippen LogP contribution in [0, 0.1) is 5.92 Å². The minimum Gasteiger partial charge on any atom is -0.480 e. The molecule has 3 atom stereocenters. The number of amides is 2. The third-order valence-electron chi connectivity index (χ3n) is 3.32. The second-order valence-corrected chi connectivity index (χ2v) is 5.48. The zero-order chi connectivity index (χ0) is 16.0. The monoisotopic (exact) mass is 318 g/mol. The summed E-state index contributed by atoms with van der Waals surface area (Å²) in [7, 11) is 0. The van der Waals surface area contributed by atoms with Crippen LogP contribution in [0.5, 0.6) is 0 Å². The van der Waals surface area contributed by atoms with E-state index in [4.69, 9.17) is 4.74 Å². The molecular weight excluding hydrogens is 296 g/mol. The van der Waals surface area contributed by atoms with E-state index in [1.165, 1.54) is 4.90 Å². The summed E-state index contributed by atoms with van der Waals surface area (Å²) >= 11 is 4.06. The molecule has 0 saturated carbocycles. The van der Waals surface area contributed by atoms with Crippen molar-refractivity contribution < 1.29 is 24.2 Å². The van der Waals surface area contributed by atoms with Crippen molar-refractivity contribution >= 4 is 30.6 Å². The number of ether oxygens (including phenoxy) is 1. The maximum atomic E-state index is 12.2. The molecule has 2 N–H and O–H groups in total. The molecule has 0 spiro atoms. The molecule has 0 bridgehead atoms. The van der Waals surface area contributed by atoms with E-state index in [1.54, 1.807) is 6.92 Å².